The molecule has 1 aromatic rings. The van der Waals surface area contributed by atoms with Crippen molar-refractivity contribution < 1.29 is 4.39 Å². The molecule has 94 valence electrons. The zero-order valence-electron chi connectivity index (χ0n) is 10.8. The van der Waals surface area contributed by atoms with Gasteiger partial charge in [-0.2, -0.15) is 0 Å². The summed E-state index contributed by atoms with van der Waals surface area (Å²) in [6.45, 7) is 5.05. The SMILES string of the molecule is CCNC(C)c1cccc(F)c1N(C)C1CC1. The first kappa shape index (κ1) is 12.4. The van der Waals surface area contributed by atoms with Crippen molar-refractivity contribution in [1.82, 2.24) is 5.32 Å². The van der Waals surface area contributed by atoms with Crippen LogP contribution >= 0.6 is 0 Å². The Hall–Kier alpha value is -1.09. The van der Waals surface area contributed by atoms with E-state index in [-0.39, 0.29) is 11.9 Å². The minimum atomic E-state index is -0.110. The molecule has 1 saturated carbocycles. The number of hydrogen-bond acceptors (Lipinski definition) is 2. The van der Waals surface area contributed by atoms with Crippen molar-refractivity contribution in [1.29, 1.82) is 0 Å². The topological polar surface area (TPSA) is 15.3 Å². The molecule has 2 rings (SSSR count). The molecule has 2 nitrogen and oxygen atoms in total. The summed E-state index contributed by atoms with van der Waals surface area (Å²) in [6, 6.07) is 6.08. The summed E-state index contributed by atoms with van der Waals surface area (Å²) < 4.78 is 14.0. The maximum absolute atomic E-state index is 14.0. The molecule has 1 aromatic carbocycles. The molecule has 1 N–H and O–H groups in total. The van der Waals surface area contributed by atoms with Crippen molar-refractivity contribution in [2.24, 2.45) is 0 Å². The van der Waals surface area contributed by atoms with Crippen LogP contribution in [0, 0.1) is 5.82 Å². The number of para-hydroxylation sites is 1. The maximum Gasteiger partial charge on any atom is 0.146 e. The highest BCUT2D eigenvalue weighted by atomic mass is 19.1. The van der Waals surface area contributed by atoms with Crippen molar-refractivity contribution in [3.63, 3.8) is 0 Å². The van der Waals surface area contributed by atoms with Crippen LogP contribution in [0.25, 0.3) is 0 Å². The van der Waals surface area contributed by atoms with Gasteiger partial charge in [0.25, 0.3) is 0 Å². The molecular weight excluding hydrogens is 215 g/mol. The summed E-state index contributed by atoms with van der Waals surface area (Å²) >= 11 is 0. The Kier molecular flexibility index (Phi) is 3.67. The number of benzene rings is 1. The number of nitrogens with zero attached hydrogens (tertiary/aromatic N) is 1. The lowest BCUT2D eigenvalue weighted by molar-refractivity contribution is 0.579. The molecule has 1 aliphatic rings. The molecule has 17 heavy (non-hydrogen) atoms. The smallest absolute Gasteiger partial charge is 0.146 e. The van der Waals surface area contributed by atoms with Crippen LogP contribution in [0.3, 0.4) is 0 Å². The summed E-state index contributed by atoms with van der Waals surface area (Å²) in [5.74, 6) is -0.110. The van der Waals surface area contributed by atoms with Crippen LogP contribution in [0.5, 0.6) is 0 Å². The molecule has 0 radical (unpaired) electrons. The molecule has 3 heteroatoms. The molecule has 0 amide bonds. The lowest BCUT2D eigenvalue weighted by Gasteiger charge is -2.25. The van der Waals surface area contributed by atoms with Gasteiger partial charge in [-0.3, -0.25) is 0 Å². The Morgan fingerprint density at radius 3 is 2.76 bits per heavy atom. The number of halogens is 1. The number of hydrogen-bond donors (Lipinski definition) is 1. The van der Waals surface area contributed by atoms with Crippen molar-refractivity contribution in [2.45, 2.75) is 38.8 Å². The fraction of sp³-hybridized carbons (Fsp3) is 0.571. The normalized spacial score (nSPS) is 16.9. The predicted octanol–water partition coefficient (Wildman–Crippen LogP) is 3.09. The molecule has 0 saturated heterocycles. The van der Waals surface area contributed by atoms with Crippen LogP contribution in [0.2, 0.25) is 0 Å². The third-order valence-electron chi connectivity index (χ3n) is 3.44. The first-order chi connectivity index (χ1) is 8.15. The molecule has 0 aromatic heterocycles. The van der Waals surface area contributed by atoms with Crippen LogP contribution < -0.4 is 10.2 Å². The zero-order valence-corrected chi connectivity index (χ0v) is 10.8. The van der Waals surface area contributed by atoms with Crippen LogP contribution in [0.15, 0.2) is 18.2 Å². The van der Waals surface area contributed by atoms with Gasteiger partial charge < -0.3 is 10.2 Å². The van der Waals surface area contributed by atoms with E-state index in [1.165, 1.54) is 12.8 Å². The monoisotopic (exact) mass is 236 g/mol. The summed E-state index contributed by atoms with van der Waals surface area (Å²) in [5, 5.41) is 3.35. The Labute approximate surface area is 103 Å². The van der Waals surface area contributed by atoms with Crippen LogP contribution in [-0.2, 0) is 0 Å². The van der Waals surface area contributed by atoms with Gasteiger partial charge in [-0.1, -0.05) is 19.1 Å². The average Bonchev–Trinajstić information content (AvgIpc) is 3.12. The van der Waals surface area contributed by atoms with Crippen molar-refractivity contribution in [2.75, 3.05) is 18.5 Å². The van der Waals surface area contributed by atoms with E-state index in [9.17, 15) is 4.39 Å². The van der Waals surface area contributed by atoms with Crippen LogP contribution in [0.4, 0.5) is 10.1 Å². The van der Waals surface area contributed by atoms with Gasteiger partial charge in [-0.25, -0.2) is 4.39 Å². The minimum absolute atomic E-state index is 0.110. The fourth-order valence-electron chi connectivity index (χ4n) is 2.31. The summed E-state index contributed by atoms with van der Waals surface area (Å²) in [5.41, 5.74) is 1.82. The highest BCUT2D eigenvalue weighted by Crippen LogP contribution is 2.36. The van der Waals surface area contributed by atoms with Gasteiger partial charge in [0.15, 0.2) is 0 Å². The number of anilines is 1. The molecule has 1 fully saturated rings. The third-order valence-corrected chi connectivity index (χ3v) is 3.44. The molecule has 1 atom stereocenters. The largest absolute Gasteiger partial charge is 0.369 e. The lowest BCUT2D eigenvalue weighted by atomic mass is 10.0. The molecule has 0 heterocycles. The summed E-state index contributed by atoms with van der Waals surface area (Å²) in [6.07, 6.45) is 2.36. The standard InChI is InChI=1S/C14H21FN2/c1-4-16-10(2)12-6-5-7-13(15)14(12)17(3)11-8-9-11/h5-7,10-11,16H,4,8-9H2,1-3H3. The Morgan fingerprint density at radius 1 is 1.47 bits per heavy atom. The van der Waals surface area contributed by atoms with E-state index in [1.807, 2.05) is 13.1 Å². The molecule has 0 spiro atoms. The maximum atomic E-state index is 14.0. The predicted molar refractivity (Wildman–Crippen MR) is 69.9 cm³/mol. The van der Waals surface area contributed by atoms with Crippen LogP contribution in [-0.4, -0.2) is 19.6 Å². The first-order valence-electron chi connectivity index (χ1n) is 6.39. The average molecular weight is 236 g/mol. The highest BCUT2D eigenvalue weighted by Gasteiger charge is 2.30. The van der Waals surface area contributed by atoms with Crippen LogP contribution in [0.1, 0.15) is 38.3 Å². The molecule has 0 aliphatic heterocycles. The second-order valence-electron chi connectivity index (χ2n) is 4.80. The van der Waals surface area contributed by atoms with Gasteiger partial charge in [-0.15, -0.1) is 0 Å². The minimum Gasteiger partial charge on any atom is -0.369 e. The van der Waals surface area contributed by atoms with E-state index < -0.39 is 0 Å². The Balaban J connectivity index is 2.33. The van der Waals surface area contributed by atoms with E-state index in [1.54, 1.807) is 12.1 Å². The first-order valence-corrected chi connectivity index (χ1v) is 6.39. The van der Waals surface area contributed by atoms with Crippen molar-refractivity contribution in [3.05, 3.63) is 29.6 Å². The lowest BCUT2D eigenvalue weighted by Crippen LogP contribution is -2.26. The second-order valence-corrected chi connectivity index (χ2v) is 4.80. The summed E-state index contributed by atoms with van der Waals surface area (Å²) in [4.78, 5) is 2.10. The van der Waals surface area contributed by atoms with Crippen molar-refractivity contribution in [3.8, 4) is 0 Å². The molecule has 0 bridgehead atoms. The molecular formula is C14H21FN2. The second kappa shape index (κ2) is 5.05. The number of rotatable bonds is 5. The van der Waals surface area contributed by atoms with E-state index in [0.29, 0.717) is 6.04 Å². The summed E-state index contributed by atoms with van der Waals surface area (Å²) in [7, 11) is 2.00. The van der Waals surface area contributed by atoms with E-state index in [0.717, 1.165) is 17.8 Å². The van der Waals surface area contributed by atoms with E-state index in [4.69, 9.17) is 0 Å². The van der Waals surface area contributed by atoms with Gasteiger partial charge in [-0.05, 0) is 37.9 Å². The third kappa shape index (κ3) is 2.60. The van der Waals surface area contributed by atoms with Gasteiger partial charge in [0.05, 0.1) is 5.69 Å². The quantitative estimate of drug-likeness (QED) is 0.845. The zero-order chi connectivity index (χ0) is 12.4. The molecule has 1 unspecified atom stereocenters. The molecule has 1 aliphatic carbocycles. The van der Waals surface area contributed by atoms with E-state index >= 15 is 0 Å². The van der Waals surface area contributed by atoms with Gasteiger partial charge in [0, 0.05) is 19.1 Å². The van der Waals surface area contributed by atoms with E-state index in [2.05, 4.69) is 24.1 Å². The Morgan fingerprint density at radius 2 is 2.18 bits per heavy atom. The Bertz CT molecular complexity index is 388. The van der Waals surface area contributed by atoms with Gasteiger partial charge in [0.2, 0.25) is 0 Å². The van der Waals surface area contributed by atoms with Crippen molar-refractivity contribution >= 4 is 5.69 Å². The van der Waals surface area contributed by atoms with Gasteiger partial charge in [0.1, 0.15) is 5.82 Å². The fourth-order valence-corrected chi connectivity index (χ4v) is 2.31. The highest BCUT2D eigenvalue weighted by molar-refractivity contribution is 5.57. The number of nitrogens with one attached hydrogen (secondary N) is 1. The van der Waals surface area contributed by atoms with Gasteiger partial charge >= 0.3 is 0 Å².